The third kappa shape index (κ3) is 4.17. The number of hydrogen-bond donors (Lipinski definition) is 1. The fourth-order valence-electron chi connectivity index (χ4n) is 2.91. The van der Waals surface area contributed by atoms with E-state index in [0.29, 0.717) is 19.7 Å². The number of ether oxygens (including phenoxy) is 1. The largest absolute Gasteiger partial charge is 0.450 e. The van der Waals surface area contributed by atoms with Gasteiger partial charge in [0.05, 0.1) is 18.5 Å². The molecule has 7 nitrogen and oxygen atoms in total. The van der Waals surface area contributed by atoms with E-state index in [9.17, 15) is 9.59 Å². The Morgan fingerprint density at radius 2 is 2.16 bits per heavy atom. The minimum absolute atomic E-state index is 0.0741. The van der Waals surface area contributed by atoms with Crippen LogP contribution in [-0.2, 0) is 9.53 Å². The third-order valence-electron chi connectivity index (χ3n) is 4.22. The first kappa shape index (κ1) is 17.0. The van der Waals surface area contributed by atoms with Crippen LogP contribution < -0.4 is 5.32 Å². The molecule has 1 N–H and O–H groups in total. The minimum Gasteiger partial charge on any atom is -0.450 e. The number of aromatic nitrogens is 2. The van der Waals surface area contributed by atoms with Gasteiger partial charge in [-0.2, -0.15) is 0 Å². The molecule has 0 aliphatic carbocycles. The second-order valence-corrected chi connectivity index (χ2v) is 5.91. The van der Waals surface area contributed by atoms with E-state index in [1.165, 1.54) is 6.08 Å². The first-order valence-corrected chi connectivity index (χ1v) is 8.49. The van der Waals surface area contributed by atoms with Crippen LogP contribution in [0.1, 0.15) is 25.5 Å². The minimum atomic E-state index is -0.278. The molecule has 3 rings (SSSR count). The lowest BCUT2D eigenvalue weighted by Crippen LogP contribution is -2.46. The molecule has 25 heavy (non-hydrogen) atoms. The van der Waals surface area contributed by atoms with Crippen molar-refractivity contribution in [3.8, 4) is 0 Å². The van der Waals surface area contributed by atoms with Gasteiger partial charge in [-0.15, -0.1) is 0 Å². The molecule has 0 radical (unpaired) electrons. The summed E-state index contributed by atoms with van der Waals surface area (Å²) in [6, 6.07) is 5.83. The van der Waals surface area contributed by atoms with Crippen LogP contribution >= 0.6 is 0 Å². The second-order valence-electron chi connectivity index (χ2n) is 5.91. The van der Waals surface area contributed by atoms with Crippen LogP contribution in [-0.4, -0.2) is 52.0 Å². The highest BCUT2D eigenvalue weighted by atomic mass is 16.6. The fourth-order valence-corrected chi connectivity index (χ4v) is 2.91. The number of nitrogens with zero attached hydrogens (tertiary/aromatic N) is 3. The predicted molar refractivity (Wildman–Crippen MR) is 94.0 cm³/mol. The van der Waals surface area contributed by atoms with E-state index in [2.05, 4.69) is 10.3 Å². The van der Waals surface area contributed by atoms with Gasteiger partial charge in [-0.05, 0) is 38.0 Å². The Morgan fingerprint density at radius 1 is 1.36 bits per heavy atom. The number of fused-ring (bicyclic) bond motifs is 1. The molecule has 132 valence electrons. The summed E-state index contributed by atoms with van der Waals surface area (Å²) >= 11 is 0. The molecule has 0 unspecified atom stereocenters. The van der Waals surface area contributed by atoms with Crippen molar-refractivity contribution in [2.45, 2.75) is 25.8 Å². The molecule has 7 heteroatoms. The smallest absolute Gasteiger partial charge is 0.409 e. The topological polar surface area (TPSA) is 75.9 Å². The first-order chi connectivity index (χ1) is 12.2. The lowest BCUT2D eigenvalue weighted by atomic mass is 10.1. The van der Waals surface area contributed by atoms with Crippen molar-refractivity contribution >= 4 is 23.7 Å². The van der Waals surface area contributed by atoms with Crippen LogP contribution in [0.15, 0.2) is 36.7 Å². The van der Waals surface area contributed by atoms with Gasteiger partial charge in [-0.25, -0.2) is 9.78 Å². The Balaban J connectivity index is 1.51. The molecule has 2 aromatic rings. The fraction of sp³-hybridized carbons (Fsp3) is 0.389. The van der Waals surface area contributed by atoms with Gasteiger partial charge in [-0.1, -0.05) is 6.07 Å². The van der Waals surface area contributed by atoms with Crippen LogP contribution in [0.3, 0.4) is 0 Å². The summed E-state index contributed by atoms with van der Waals surface area (Å²) in [6.07, 6.45) is 8.10. The Labute approximate surface area is 146 Å². The first-order valence-electron chi connectivity index (χ1n) is 8.49. The van der Waals surface area contributed by atoms with E-state index >= 15 is 0 Å². The van der Waals surface area contributed by atoms with Crippen molar-refractivity contribution in [3.05, 3.63) is 42.4 Å². The highest BCUT2D eigenvalue weighted by molar-refractivity contribution is 5.91. The molecular weight excluding hydrogens is 320 g/mol. The van der Waals surface area contributed by atoms with Crippen LogP contribution in [0.5, 0.6) is 0 Å². The summed E-state index contributed by atoms with van der Waals surface area (Å²) in [5, 5.41) is 2.99. The number of carbonyl (C=O) groups excluding carboxylic acids is 2. The van der Waals surface area contributed by atoms with E-state index < -0.39 is 0 Å². The Morgan fingerprint density at radius 3 is 2.92 bits per heavy atom. The summed E-state index contributed by atoms with van der Waals surface area (Å²) in [5.41, 5.74) is 1.69. The third-order valence-corrected chi connectivity index (χ3v) is 4.22. The number of carbonyl (C=O) groups is 2. The molecule has 0 bridgehead atoms. The Kier molecular flexibility index (Phi) is 5.33. The van der Waals surface area contributed by atoms with Crippen molar-refractivity contribution in [3.63, 3.8) is 0 Å². The molecule has 0 spiro atoms. The molecule has 0 aromatic carbocycles. The van der Waals surface area contributed by atoms with Crippen molar-refractivity contribution < 1.29 is 14.3 Å². The van der Waals surface area contributed by atoms with Gasteiger partial charge in [0.15, 0.2) is 0 Å². The molecule has 3 heterocycles. The zero-order valence-corrected chi connectivity index (χ0v) is 14.2. The van der Waals surface area contributed by atoms with Crippen molar-refractivity contribution in [1.29, 1.82) is 0 Å². The molecule has 1 aliphatic rings. The van der Waals surface area contributed by atoms with Crippen LogP contribution in [0, 0.1) is 0 Å². The van der Waals surface area contributed by atoms with E-state index in [0.717, 1.165) is 24.2 Å². The average Bonchev–Trinajstić information content (AvgIpc) is 3.04. The second kappa shape index (κ2) is 7.83. The van der Waals surface area contributed by atoms with Gasteiger partial charge >= 0.3 is 6.09 Å². The number of imidazole rings is 1. The van der Waals surface area contributed by atoms with Gasteiger partial charge in [0.1, 0.15) is 5.65 Å². The number of rotatable bonds is 4. The Bertz CT molecular complexity index is 775. The zero-order valence-electron chi connectivity index (χ0n) is 14.2. The summed E-state index contributed by atoms with van der Waals surface area (Å²) in [6.45, 7) is 3.37. The lowest BCUT2D eigenvalue weighted by molar-refractivity contribution is -0.117. The molecule has 1 saturated heterocycles. The summed E-state index contributed by atoms with van der Waals surface area (Å²) in [7, 11) is 0. The van der Waals surface area contributed by atoms with E-state index in [1.807, 2.05) is 28.8 Å². The average molecular weight is 342 g/mol. The van der Waals surface area contributed by atoms with Gasteiger partial charge < -0.3 is 19.4 Å². The van der Waals surface area contributed by atoms with Crippen LogP contribution in [0.4, 0.5) is 4.79 Å². The monoisotopic (exact) mass is 342 g/mol. The normalized spacial score (nSPS) is 15.6. The molecule has 0 saturated carbocycles. The highest BCUT2D eigenvalue weighted by Gasteiger charge is 2.24. The number of likely N-dealkylation sites (tertiary alicyclic amines) is 1. The number of hydrogen-bond acceptors (Lipinski definition) is 4. The summed E-state index contributed by atoms with van der Waals surface area (Å²) in [4.78, 5) is 29.8. The van der Waals surface area contributed by atoms with Crippen molar-refractivity contribution in [2.24, 2.45) is 0 Å². The zero-order chi connectivity index (χ0) is 17.6. The van der Waals surface area contributed by atoms with Crippen molar-refractivity contribution in [1.82, 2.24) is 19.6 Å². The quantitative estimate of drug-likeness (QED) is 0.863. The SMILES string of the molecule is CCOC(=O)N1CCC(NC(=O)/C=C/c2cnc3ccccn23)CC1. The standard InChI is InChI=1S/C18H22N4O3/c1-2-25-18(24)21-11-8-14(9-12-21)20-17(23)7-6-15-13-19-16-5-3-4-10-22(15)16/h3-7,10,13-14H,2,8-9,11-12H2,1H3,(H,20,23)/b7-6+. The molecular formula is C18H22N4O3. The molecule has 2 amide bonds. The van der Waals surface area contributed by atoms with Crippen molar-refractivity contribution in [2.75, 3.05) is 19.7 Å². The number of amides is 2. The van der Waals surface area contributed by atoms with E-state index in [4.69, 9.17) is 4.74 Å². The van der Waals surface area contributed by atoms with Gasteiger partial charge in [-0.3, -0.25) is 4.79 Å². The summed E-state index contributed by atoms with van der Waals surface area (Å²) < 4.78 is 6.91. The predicted octanol–water partition coefficient (Wildman–Crippen LogP) is 2.08. The van der Waals surface area contributed by atoms with Gasteiger partial charge in [0.25, 0.3) is 0 Å². The van der Waals surface area contributed by atoms with Gasteiger partial charge in [0.2, 0.25) is 5.91 Å². The lowest BCUT2D eigenvalue weighted by Gasteiger charge is -2.31. The molecule has 2 aromatic heterocycles. The van der Waals surface area contributed by atoms with Crippen LogP contribution in [0.2, 0.25) is 0 Å². The van der Waals surface area contributed by atoms with Crippen LogP contribution in [0.25, 0.3) is 11.7 Å². The van der Waals surface area contributed by atoms with Gasteiger partial charge in [0, 0.05) is 31.4 Å². The molecule has 1 fully saturated rings. The maximum atomic E-state index is 12.1. The summed E-state index contributed by atoms with van der Waals surface area (Å²) in [5.74, 6) is -0.138. The molecule has 1 aliphatic heterocycles. The van der Waals surface area contributed by atoms with E-state index in [1.54, 1.807) is 24.1 Å². The maximum Gasteiger partial charge on any atom is 0.409 e. The Hall–Kier alpha value is -2.83. The molecule has 0 atom stereocenters. The number of piperidine rings is 1. The maximum absolute atomic E-state index is 12.1. The number of pyridine rings is 1. The highest BCUT2D eigenvalue weighted by Crippen LogP contribution is 2.12. The number of nitrogens with one attached hydrogen (secondary N) is 1. The van der Waals surface area contributed by atoms with E-state index in [-0.39, 0.29) is 18.0 Å².